The molecule has 0 rings (SSSR count). The molecule has 0 aliphatic carbocycles. The Morgan fingerprint density at radius 2 is 2.13 bits per heavy atom. The van der Waals surface area contributed by atoms with E-state index in [2.05, 4.69) is 11.2 Å². The maximum Gasteiger partial charge on any atom is 0.406 e. The van der Waals surface area contributed by atoms with Crippen molar-refractivity contribution in [2.45, 2.75) is 13.1 Å². The summed E-state index contributed by atoms with van der Waals surface area (Å²) in [5.41, 5.74) is 0. The molecule has 0 aliphatic rings. The number of nitrogens with one attached hydrogen (secondary N) is 1. The zero-order valence-electron chi connectivity index (χ0n) is 8.40. The van der Waals surface area contributed by atoms with Gasteiger partial charge in [0.15, 0.2) is 0 Å². The van der Waals surface area contributed by atoms with Crippen LogP contribution in [0.25, 0.3) is 0 Å². The highest BCUT2D eigenvalue weighted by atomic mass is 19.4. The third kappa shape index (κ3) is 6.80. The van der Waals surface area contributed by atoms with Gasteiger partial charge in [0.25, 0.3) is 0 Å². The number of hydrogen-bond acceptors (Lipinski definition) is 2. The fourth-order valence-corrected chi connectivity index (χ4v) is 0.946. The highest BCUT2D eigenvalue weighted by Gasteiger charge is 2.31. The summed E-state index contributed by atoms with van der Waals surface area (Å²) < 4.78 is 36.0. The van der Waals surface area contributed by atoms with Gasteiger partial charge >= 0.3 is 6.18 Å². The van der Waals surface area contributed by atoms with E-state index in [1.807, 2.05) is 0 Å². The summed E-state index contributed by atoms with van der Waals surface area (Å²) in [6, 6.07) is 0. The van der Waals surface area contributed by atoms with Crippen LogP contribution in [-0.2, 0) is 4.79 Å². The van der Waals surface area contributed by atoms with Crippen LogP contribution in [0.5, 0.6) is 0 Å². The van der Waals surface area contributed by atoms with E-state index in [0.29, 0.717) is 0 Å². The molecule has 0 unspecified atom stereocenters. The molecule has 0 fully saturated rings. The van der Waals surface area contributed by atoms with E-state index in [1.54, 1.807) is 0 Å². The number of carbonyl (C=O) groups is 1. The molecule has 0 saturated heterocycles. The van der Waals surface area contributed by atoms with Gasteiger partial charge in [-0.3, -0.25) is 10.1 Å². The third-order valence-electron chi connectivity index (χ3n) is 1.61. The Morgan fingerprint density at radius 3 is 2.53 bits per heavy atom. The van der Waals surface area contributed by atoms with E-state index in [-0.39, 0.29) is 19.6 Å². The predicted octanol–water partition coefficient (Wildman–Crippen LogP) is 0.620. The quantitative estimate of drug-likeness (QED) is 0.546. The molecule has 15 heavy (non-hydrogen) atoms. The average Bonchev–Trinajstić information content (AvgIpc) is 2.13. The molecule has 1 N–H and O–H groups in total. The number of hydrogen-bond donors (Lipinski definition) is 1. The lowest BCUT2D eigenvalue weighted by Gasteiger charge is -2.22. The molecule has 0 bridgehead atoms. The molecular weight excluding hydrogens is 209 g/mol. The monoisotopic (exact) mass is 222 g/mol. The maximum absolute atomic E-state index is 12.0. The Bertz CT molecular complexity index is 245. The smallest absolute Gasteiger partial charge is 0.333 e. The van der Waals surface area contributed by atoms with Crippen LogP contribution in [0.1, 0.15) is 6.92 Å². The van der Waals surface area contributed by atoms with Crippen molar-refractivity contribution in [3.05, 3.63) is 0 Å². The van der Waals surface area contributed by atoms with Crippen LogP contribution < -0.4 is 5.32 Å². The molecule has 0 aromatic carbocycles. The zero-order valence-corrected chi connectivity index (χ0v) is 8.40. The fraction of sp³-hybridized carbons (Fsp3) is 0.667. The number of halogens is 3. The minimum absolute atomic E-state index is 0.0239. The van der Waals surface area contributed by atoms with Crippen LogP contribution in [0.4, 0.5) is 13.2 Å². The van der Waals surface area contributed by atoms with Crippen molar-refractivity contribution in [1.82, 2.24) is 10.2 Å². The Balaban J connectivity index is 4.06. The van der Waals surface area contributed by atoms with Gasteiger partial charge in [-0.05, 0) is 6.92 Å². The number of likely N-dealkylation sites (N-methyl/N-ethyl adjacent to an activating group) is 1. The Hall–Kier alpha value is -1.22. The second kappa shape index (κ2) is 6.30. The largest absolute Gasteiger partial charge is 0.406 e. The molecule has 86 valence electrons. The normalized spacial score (nSPS) is 10.9. The highest BCUT2D eigenvalue weighted by molar-refractivity contribution is 5.78. The first-order valence-corrected chi connectivity index (χ1v) is 4.39. The molecule has 1 amide bonds. The summed E-state index contributed by atoms with van der Waals surface area (Å²) in [4.78, 5) is 11.9. The van der Waals surface area contributed by atoms with Crippen LogP contribution in [-0.4, -0.2) is 43.2 Å². The molecule has 6 heteroatoms. The molecule has 0 aromatic rings. The van der Waals surface area contributed by atoms with Gasteiger partial charge in [0, 0.05) is 6.54 Å². The number of alkyl halides is 3. The lowest BCUT2D eigenvalue weighted by molar-refractivity contribution is -0.160. The van der Waals surface area contributed by atoms with Crippen molar-refractivity contribution >= 4 is 5.91 Å². The Kier molecular flexibility index (Phi) is 5.79. The summed E-state index contributed by atoms with van der Waals surface area (Å²) in [6.07, 6.45) is 0.544. The van der Waals surface area contributed by atoms with Crippen LogP contribution >= 0.6 is 0 Å². The number of nitrogens with zero attached hydrogens (tertiary/aromatic N) is 1. The predicted molar refractivity (Wildman–Crippen MR) is 50.0 cm³/mol. The number of carbonyl (C=O) groups excluding carboxylic acids is 1. The molecule has 0 aliphatic heterocycles. The fourth-order valence-electron chi connectivity index (χ4n) is 0.946. The second-order valence-electron chi connectivity index (χ2n) is 2.83. The standard InChI is InChI=1S/C9H13F3N2O/c1-3-5-13-6-8(15)14(4-2)7-9(10,11)12/h1,13H,4-7H2,2H3. The van der Waals surface area contributed by atoms with Crippen LogP contribution in [0.2, 0.25) is 0 Å². The van der Waals surface area contributed by atoms with E-state index < -0.39 is 18.6 Å². The van der Waals surface area contributed by atoms with Crippen molar-refractivity contribution in [1.29, 1.82) is 0 Å². The molecule has 3 nitrogen and oxygen atoms in total. The minimum atomic E-state index is -4.36. The summed E-state index contributed by atoms with van der Waals surface area (Å²) in [7, 11) is 0. The molecule has 0 aromatic heterocycles. The SMILES string of the molecule is C#CCNCC(=O)N(CC)CC(F)(F)F. The van der Waals surface area contributed by atoms with Gasteiger partial charge in [-0.15, -0.1) is 6.42 Å². The average molecular weight is 222 g/mol. The van der Waals surface area contributed by atoms with Gasteiger partial charge in [-0.25, -0.2) is 0 Å². The highest BCUT2D eigenvalue weighted by Crippen LogP contribution is 2.16. The first-order valence-electron chi connectivity index (χ1n) is 4.39. The molecule has 0 atom stereocenters. The Labute approximate surface area is 86.6 Å². The minimum Gasteiger partial charge on any atom is -0.333 e. The first kappa shape index (κ1) is 13.8. The number of amides is 1. The van der Waals surface area contributed by atoms with E-state index >= 15 is 0 Å². The molecule has 0 heterocycles. The van der Waals surface area contributed by atoms with E-state index in [4.69, 9.17) is 6.42 Å². The number of rotatable bonds is 5. The van der Waals surface area contributed by atoms with Gasteiger partial charge in [0.05, 0.1) is 13.1 Å². The summed E-state index contributed by atoms with van der Waals surface area (Å²) in [5, 5.41) is 2.54. The van der Waals surface area contributed by atoms with Gasteiger partial charge in [-0.1, -0.05) is 5.92 Å². The maximum atomic E-state index is 12.0. The molecule has 0 radical (unpaired) electrons. The molecule has 0 saturated carbocycles. The topological polar surface area (TPSA) is 32.3 Å². The van der Waals surface area contributed by atoms with E-state index in [1.165, 1.54) is 6.92 Å². The van der Waals surface area contributed by atoms with Gasteiger partial charge < -0.3 is 4.90 Å². The van der Waals surface area contributed by atoms with Gasteiger partial charge in [0.1, 0.15) is 6.54 Å². The number of terminal acetylenes is 1. The van der Waals surface area contributed by atoms with Crippen molar-refractivity contribution < 1.29 is 18.0 Å². The van der Waals surface area contributed by atoms with Crippen molar-refractivity contribution in [2.24, 2.45) is 0 Å². The Morgan fingerprint density at radius 1 is 1.53 bits per heavy atom. The lowest BCUT2D eigenvalue weighted by atomic mass is 10.4. The van der Waals surface area contributed by atoms with Gasteiger partial charge in [-0.2, -0.15) is 13.2 Å². The van der Waals surface area contributed by atoms with Crippen molar-refractivity contribution in [3.63, 3.8) is 0 Å². The van der Waals surface area contributed by atoms with Crippen molar-refractivity contribution in [2.75, 3.05) is 26.2 Å². The summed E-state index contributed by atoms with van der Waals surface area (Å²) >= 11 is 0. The van der Waals surface area contributed by atoms with E-state index in [9.17, 15) is 18.0 Å². The van der Waals surface area contributed by atoms with Crippen molar-refractivity contribution in [3.8, 4) is 12.3 Å². The zero-order chi connectivity index (χ0) is 11.9. The van der Waals surface area contributed by atoms with E-state index in [0.717, 1.165) is 4.90 Å². The first-order chi connectivity index (χ1) is 6.90. The van der Waals surface area contributed by atoms with Crippen LogP contribution in [0, 0.1) is 12.3 Å². The van der Waals surface area contributed by atoms with Gasteiger partial charge in [0.2, 0.25) is 5.91 Å². The van der Waals surface area contributed by atoms with Crippen LogP contribution in [0.3, 0.4) is 0 Å². The second-order valence-corrected chi connectivity index (χ2v) is 2.83. The molecular formula is C9H13F3N2O. The summed E-state index contributed by atoms with van der Waals surface area (Å²) in [6.45, 7) is 0.282. The third-order valence-corrected chi connectivity index (χ3v) is 1.61. The lowest BCUT2D eigenvalue weighted by Crippen LogP contribution is -2.43. The van der Waals surface area contributed by atoms with Crippen LogP contribution in [0.15, 0.2) is 0 Å². The molecule has 0 spiro atoms. The summed E-state index contributed by atoms with van der Waals surface area (Å²) in [5.74, 6) is 1.62.